The molecular formula is C17H17ClN2O3. The van der Waals surface area contributed by atoms with Gasteiger partial charge in [0.15, 0.2) is 0 Å². The first-order chi connectivity index (χ1) is 11.0. The van der Waals surface area contributed by atoms with Gasteiger partial charge in [-0.25, -0.2) is 0 Å². The number of aryl methyl sites for hydroxylation is 1. The summed E-state index contributed by atoms with van der Waals surface area (Å²) in [4.78, 5) is 26.1. The van der Waals surface area contributed by atoms with Gasteiger partial charge in [-0.05, 0) is 35.7 Å². The molecule has 1 aliphatic rings. The van der Waals surface area contributed by atoms with E-state index in [4.69, 9.17) is 16.3 Å². The van der Waals surface area contributed by atoms with Gasteiger partial charge in [-0.3, -0.25) is 9.59 Å². The Bertz CT molecular complexity index is 829. The molecule has 1 aromatic carbocycles. The quantitative estimate of drug-likeness (QED) is 0.847. The number of amides is 1. The first-order valence-electron chi connectivity index (χ1n) is 7.31. The molecule has 3 rings (SSSR count). The molecule has 2 heterocycles. The second-order valence-electron chi connectivity index (χ2n) is 5.60. The molecule has 0 aliphatic carbocycles. The number of nitrogens with zero attached hydrogens (tertiary/aromatic N) is 2. The van der Waals surface area contributed by atoms with E-state index < -0.39 is 0 Å². The van der Waals surface area contributed by atoms with Crippen LogP contribution in [0.2, 0.25) is 5.02 Å². The van der Waals surface area contributed by atoms with Gasteiger partial charge in [-0.2, -0.15) is 0 Å². The van der Waals surface area contributed by atoms with Crippen LogP contribution < -0.4 is 10.3 Å². The second kappa shape index (κ2) is 6.08. The Hall–Kier alpha value is -2.27. The highest BCUT2D eigenvalue weighted by molar-refractivity contribution is 6.32. The Morgan fingerprint density at radius 1 is 1.26 bits per heavy atom. The molecule has 1 amide bonds. The first kappa shape index (κ1) is 15.6. The van der Waals surface area contributed by atoms with Crippen LogP contribution in [0.5, 0.6) is 5.75 Å². The molecule has 5 nitrogen and oxygen atoms in total. The predicted molar refractivity (Wildman–Crippen MR) is 88.1 cm³/mol. The largest absolute Gasteiger partial charge is 0.495 e. The Morgan fingerprint density at radius 3 is 2.74 bits per heavy atom. The van der Waals surface area contributed by atoms with Crippen LogP contribution >= 0.6 is 11.6 Å². The highest BCUT2D eigenvalue weighted by Crippen LogP contribution is 2.26. The first-order valence-corrected chi connectivity index (χ1v) is 7.68. The van der Waals surface area contributed by atoms with E-state index in [0.717, 1.165) is 11.1 Å². The van der Waals surface area contributed by atoms with Gasteiger partial charge in [0.25, 0.3) is 11.5 Å². The van der Waals surface area contributed by atoms with E-state index in [2.05, 4.69) is 0 Å². The average Bonchev–Trinajstić information content (AvgIpc) is 2.54. The number of carbonyl (C=O) groups is 1. The minimum atomic E-state index is -0.0749. The number of hydrogen-bond acceptors (Lipinski definition) is 3. The second-order valence-corrected chi connectivity index (χ2v) is 6.01. The summed E-state index contributed by atoms with van der Waals surface area (Å²) >= 11 is 6.10. The summed E-state index contributed by atoms with van der Waals surface area (Å²) in [5.74, 6) is 0.469. The molecule has 0 spiro atoms. The summed E-state index contributed by atoms with van der Waals surface area (Å²) in [5, 5.41) is 0.415. The van der Waals surface area contributed by atoms with Crippen molar-refractivity contribution in [1.29, 1.82) is 0 Å². The van der Waals surface area contributed by atoms with Crippen molar-refractivity contribution in [2.24, 2.45) is 7.05 Å². The third-order valence-corrected chi connectivity index (χ3v) is 4.40. The Morgan fingerprint density at radius 2 is 2.04 bits per heavy atom. The molecule has 6 heteroatoms. The van der Waals surface area contributed by atoms with E-state index in [9.17, 15) is 9.59 Å². The fraction of sp³-hybridized carbons (Fsp3) is 0.294. The molecule has 1 aromatic heterocycles. The van der Waals surface area contributed by atoms with Crippen LogP contribution in [0.25, 0.3) is 0 Å². The molecule has 0 radical (unpaired) electrons. The summed E-state index contributed by atoms with van der Waals surface area (Å²) < 4.78 is 6.65. The topological polar surface area (TPSA) is 51.5 Å². The molecule has 120 valence electrons. The van der Waals surface area contributed by atoms with Gasteiger partial charge >= 0.3 is 0 Å². The van der Waals surface area contributed by atoms with Crippen molar-refractivity contribution in [3.63, 3.8) is 0 Å². The molecule has 1 aliphatic heterocycles. The summed E-state index contributed by atoms with van der Waals surface area (Å²) in [6, 6.07) is 6.68. The van der Waals surface area contributed by atoms with Gasteiger partial charge in [0, 0.05) is 38.0 Å². The van der Waals surface area contributed by atoms with Gasteiger partial charge < -0.3 is 14.2 Å². The average molecular weight is 333 g/mol. The number of pyridine rings is 1. The zero-order valence-electron chi connectivity index (χ0n) is 13.0. The summed E-state index contributed by atoms with van der Waals surface area (Å²) in [6.07, 6.45) is 2.49. The van der Waals surface area contributed by atoms with Gasteiger partial charge in [0.1, 0.15) is 5.75 Å². The van der Waals surface area contributed by atoms with Crippen LogP contribution in [0.4, 0.5) is 0 Å². The number of carbonyl (C=O) groups excluding carboxylic acids is 1. The van der Waals surface area contributed by atoms with Gasteiger partial charge in [0.2, 0.25) is 0 Å². The van der Waals surface area contributed by atoms with Crippen molar-refractivity contribution in [3.8, 4) is 5.75 Å². The molecular weight excluding hydrogens is 316 g/mol. The fourth-order valence-electron chi connectivity index (χ4n) is 2.79. The lowest BCUT2D eigenvalue weighted by Gasteiger charge is -2.29. The van der Waals surface area contributed by atoms with Crippen LogP contribution in [-0.4, -0.2) is 29.0 Å². The molecule has 0 fully saturated rings. The lowest BCUT2D eigenvalue weighted by molar-refractivity contribution is 0.0734. The number of halogens is 1. The van der Waals surface area contributed by atoms with Crippen LogP contribution in [0.3, 0.4) is 0 Å². The molecule has 0 N–H and O–H groups in total. The van der Waals surface area contributed by atoms with Gasteiger partial charge in [-0.1, -0.05) is 11.6 Å². The Kier molecular flexibility index (Phi) is 4.13. The summed E-state index contributed by atoms with van der Waals surface area (Å²) in [6.45, 7) is 1.08. The van der Waals surface area contributed by atoms with Crippen LogP contribution in [0, 0.1) is 0 Å². The standard InChI is InChI=1S/C17H17ClN2O3/c1-19-9-13-10-20(6-5-11(13)8-16(19)21)17(22)12-3-4-15(23-2)14(18)7-12/h3-4,7-9H,5-6,10H2,1-2H3. The summed E-state index contributed by atoms with van der Waals surface area (Å²) in [5.41, 5.74) is 2.53. The number of benzene rings is 1. The van der Waals surface area contributed by atoms with Gasteiger partial charge in [0.05, 0.1) is 12.1 Å². The molecule has 0 saturated carbocycles. The van der Waals surface area contributed by atoms with E-state index in [1.54, 1.807) is 42.4 Å². The van der Waals surface area contributed by atoms with Crippen molar-refractivity contribution < 1.29 is 9.53 Å². The third-order valence-electron chi connectivity index (χ3n) is 4.11. The number of hydrogen-bond donors (Lipinski definition) is 0. The smallest absolute Gasteiger partial charge is 0.254 e. The highest BCUT2D eigenvalue weighted by Gasteiger charge is 2.23. The maximum atomic E-state index is 12.7. The molecule has 0 unspecified atom stereocenters. The van der Waals surface area contributed by atoms with E-state index >= 15 is 0 Å². The van der Waals surface area contributed by atoms with E-state index in [-0.39, 0.29) is 11.5 Å². The Labute approximate surface area is 139 Å². The van der Waals surface area contributed by atoms with Crippen molar-refractivity contribution >= 4 is 17.5 Å². The third kappa shape index (κ3) is 2.97. The molecule has 23 heavy (non-hydrogen) atoms. The molecule has 0 bridgehead atoms. The number of aromatic nitrogens is 1. The SMILES string of the molecule is COc1ccc(C(=O)N2CCc3cc(=O)n(C)cc3C2)cc1Cl. The van der Waals surface area contributed by atoms with Crippen molar-refractivity contribution in [3.05, 3.63) is 62.5 Å². The van der Waals surface area contributed by atoms with Crippen molar-refractivity contribution in [2.75, 3.05) is 13.7 Å². The van der Waals surface area contributed by atoms with Gasteiger partial charge in [-0.15, -0.1) is 0 Å². The monoisotopic (exact) mass is 332 g/mol. The number of ether oxygens (including phenoxy) is 1. The van der Waals surface area contributed by atoms with E-state index in [1.807, 2.05) is 0 Å². The van der Waals surface area contributed by atoms with E-state index in [1.165, 1.54) is 11.7 Å². The molecule has 2 aromatic rings. The maximum Gasteiger partial charge on any atom is 0.254 e. The number of fused-ring (bicyclic) bond motifs is 1. The number of rotatable bonds is 2. The summed E-state index contributed by atoms with van der Waals surface area (Å²) in [7, 11) is 3.25. The zero-order chi connectivity index (χ0) is 16.6. The lowest BCUT2D eigenvalue weighted by atomic mass is 10.0. The molecule has 0 atom stereocenters. The van der Waals surface area contributed by atoms with Crippen LogP contribution in [0.1, 0.15) is 21.5 Å². The number of methoxy groups -OCH3 is 1. The fourth-order valence-corrected chi connectivity index (χ4v) is 3.05. The minimum absolute atomic E-state index is 0.0227. The van der Waals surface area contributed by atoms with Crippen LogP contribution in [-0.2, 0) is 20.0 Å². The van der Waals surface area contributed by atoms with Crippen LogP contribution in [0.15, 0.2) is 35.3 Å². The van der Waals surface area contributed by atoms with E-state index in [0.29, 0.717) is 35.8 Å². The molecule has 0 saturated heterocycles. The zero-order valence-corrected chi connectivity index (χ0v) is 13.8. The van der Waals surface area contributed by atoms with Crippen molar-refractivity contribution in [1.82, 2.24) is 9.47 Å². The van der Waals surface area contributed by atoms with Crippen molar-refractivity contribution in [2.45, 2.75) is 13.0 Å². The minimum Gasteiger partial charge on any atom is -0.495 e. The highest BCUT2D eigenvalue weighted by atomic mass is 35.5. The normalized spacial score (nSPS) is 13.6. The maximum absolute atomic E-state index is 12.7. The lowest BCUT2D eigenvalue weighted by Crippen LogP contribution is -2.37. The Balaban J connectivity index is 1.85. The predicted octanol–water partition coefficient (Wildman–Crippen LogP) is 2.25.